The second-order valence-electron chi connectivity index (χ2n) is 4.35. The molecule has 1 atom stereocenters. The minimum atomic E-state index is 0.193. The number of anilines is 1. The van der Waals surface area contributed by atoms with E-state index in [1.54, 1.807) is 6.07 Å². The fraction of sp³-hybridized carbons (Fsp3) is 0.462. The van der Waals surface area contributed by atoms with Crippen LogP contribution in [0.1, 0.15) is 5.56 Å². The average molecular weight is 266 g/mol. The first-order chi connectivity index (χ1) is 8.70. The maximum absolute atomic E-state index is 8.83. The third-order valence-corrected chi connectivity index (χ3v) is 3.31. The Balaban J connectivity index is 2.02. The fourth-order valence-corrected chi connectivity index (χ4v) is 2.20. The fourth-order valence-electron chi connectivity index (χ4n) is 1.98. The van der Waals surface area contributed by atoms with Gasteiger partial charge >= 0.3 is 0 Å². The number of nitrogens with one attached hydrogen (secondary N) is 1. The molecule has 96 valence electrons. The van der Waals surface area contributed by atoms with Gasteiger partial charge in [-0.3, -0.25) is 0 Å². The number of rotatable bonds is 3. The predicted octanol–water partition coefficient (Wildman–Crippen LogP) is 1.64. The van der Waals surface area contributed by atoms with Crippen LogP contribution in [0.15, 0.2) is 18.2 Å². The van der Waals surface area contributed by atoms with Crippen molar-refractivity contribution in [2.45, 2.75) is 6.10 Å². The number of hydrogen-bond donors (Lipinski definition) is 1. The van der Waals surface area contributed by atoms with Crippen LogP contribution in [0.25, 0.3) is 0 Å². The lowest BCUT2D eigenvalue weighted by atomic mass is 10.2. The number of morpholine rings is 1. The quantitative estimate of drug-likeness (QED) is 0.903. The molecule has 18 heavy (non-hydrogen) atoms. The second kappa shape index (κ2) is 6.05. The summed E-state index contributed by atoms with van der Waals surface area (Å²) in [5.41, 5.74) is 1.50. The number of likely N-dealkylation sites (N-methyl/N-ethyl adjacent to an activating group) is 1. The molecule has 0 aromatic heterocycles. The zero-order chi connectivity index (χ0) is 13.0. The van der Waals surface area contributed by atoms with E-state index in [4.69, 9.17) is 21.6 Å². The van der Waals surface area contributed by atoms with Gasteiger partial charge < -0.3 is 15.0 Å². The molecule has 0 spiro atoms. The van der Waals surface area contributed by atoms with Crippen molar-refractivity contribution in [3.05, 3.63) is 28.8 Å². The van der Waals surface area contributed by atoms with Crippen LogP contribution >= 0.6 is 11.6 Å². The van der Waals surface area contributed by atoms with Gasteiger partial charge in [0.15, 0.2) is 0 Å². The summed E-state index contributed by atoms with van der Waals surface area (Å²) >= 11 is 6.02. The van der Waals surface area contributed by atoms with Gasteiger partial charge in [-0.05, 0) is 18.2 Å². The summed E-state index contributed by atoms with van der Waals surface area (Å²) in [5, 5.41) is 12.6. The molecule has 4 nitrogen and oxygen atoms in total. The first-order valence-electron chi connectivity index (χ1n) is 5.94. The van der Waals surface area contributed by atoms with Gasteiger partial charge in [0.05, 0.1) is 23.3 Å². The molecular weight excluding hydrogens is 250 g/mol. The van der Waals surface area contributed by atoms with Crippen LogP contribution in [-0.4, -0.2) is 39.4 Å². The molecule has 0 radical (unpaired) electrons. The summed E-state index contributed by atoms with van der Waals surface area (Å²) in [4.78, 5) is 2.09. The topological polar surface area (TPSA) is 48.3 Å². The van der Waals surface area contributed by atoms with Gasteiger partial charge in [-0.2, -0.15) is 5.26 Å². The molecule has 1 aromatic rings. The molecule has 0 saturated carbocycles. The highest BCUT2D eigenvalue weighted by molar-refractivity contribution is 6.32. The number of nitriles is 1. The van der Waals surface area contributed by atoms with Crippen molar-refractivity contribution in [2.24, 2.45) is 0 Å². The maximum atomic E-state index is 8.83. The molecule has 5 heteroatoms. The average Bonchev–Trinajstić information content (AvgIpc) is 2.39. The van der Waals surface area contributed by atoms with E-state index < -0.39 is 0 Å². The normalized spacial score (nSPS) is 19.3. The van der Waals surface area contributed by atoms with Crippen LogP contribution in [-0.2, 0) is 4.74 Å². The minimum absolute atomic E-state index is 0.193. The summed E-state index contributed by atoms with van der Waals surface area (Å²) < 4.78 is 5.66. The van der Waals surface area contributed by atoms with Crippen LogP contribution in [0, 0.1) is 11.3 Å². The van der Waals surface area contributed by atoms with Crippen molar-refractivity contribution in [1.29, 1.82) is 5.26 Å². The van der Waals surface area contributed by atoms with Gasteiger partial charge in [-0.25, -0.2) is 0 Å². The molecule has 1 aliphatic rings. The highest BCUT2D eigenvalue weighted by Crippen LogP contribution is 2.22. The van der Waals surface area contributed by atoms with Gasteiger partial charge in [0.2, 0.25) is 0 Å². The molecule has 0 aliphatic carbocycles. The number of benzene rings is 1. The van der Waals surface area contributed by atoms with Crippen molar-refractivity contribution in [3.8, 4) is 6.07 Å². The van der Waals surface area contributed by atoms with E-state index in [0.29, 0.717) is 10.6 Å². The highest BCUT2D eigenvalue weighted by Gasteiger charge is 2.16. The predicted molar refractivity (Wildman–Crippen MR) is 72.0 cm³/mol. The number of hydrogen-bond acceptors (Lipinski definition) is 4. The van der Waals surface area contributed by atoms with Gasteiger partial charge in [0, 0.05) is 32.4 Å². The Morgan fingerprint density at radius 1 is 1.61 bits per heavy atom. The second-order valence-corrected chi connectivity index (χ2v) is 4.76. The molecule has 1 heterocycles. The van der Waals surface area contributed by atoms with Crippen LogP contribution in [0.3, 0.4) is 0 Å². The van der Waals surface area contributed by atoms with Crippen molar-refractivity contribution < 1.29 is 4.74 Å². The number of halogens is 1. The van der Waals surface area contributed by atoms with E-state index in [1.165, 1.54) is 0 Å². The van der Waals surface area contributed by atoms with Gasteiger partial charge in [-0.1, -0.05) is 11.6 Å². The van der Waals surface area contributed by atoms with Crippen molar-refractivity contribution in [1.82, 2.24) is 5.32 Å². The van der Waals surface area contributed by atoms with E-state index in [2.05, 4.69) is 16.3 Å². The Bertz CT molecular complexity index is 452. The summed E-state index contributed by atoms with van der Waals surface area (Å²) in [5.74, 6) is 0. The van der Waals surface area contributed by atoms with Crippen molar-refractivity contribution in [2.75, 3.05) is 38.2 Å². The highest BCUT2D eigenvalue weighted by atomic mass is 35.5. The smallest absolute Gasteiger partial charge is 0.101 e. The zero-order valence-electron chi connectivity index (χ0n) is 10.3. The SMILES string of the molecule is CN(CC1CNCCO1)c1ccc(C#N)c(Cl)c1. The molecule has 1 unspecified atom stereocenters. The standard InChI is InChI=1S/C13H16ClN3O/c1-17(9-12-8-16-4-5-18-12)11-3-2-10(7-15)13(14)6-11/h2-3,6,12,16H,4-5,8-9H2,1H3. The molecule has 1 fully saturated rings. The Morgan fingerprint density at radius 3 is 3.06 bits per heavy atom. The lowest BCUT2D eigenvalue weighted by molar-refractivity contribution is 0.0340. The summed E-state index contributed by atoms with van der Waals surface area (Å²) in [7, 11) is 2.00. The van der Waals surface area contributed by atoms with Crippen LogP contribution in [0.5, 0.6) is 0 Å². The molecule has 2 rings (SSSR count). The van der Waals surface area contributed by atoms with Gasteiger partial charge in [0.1, 0.15) is 6.07 Å². The van der Waals surface area contributed by atoms with Crippen molar-refractivity contribution in [3.63, 3.8) is 0 Å². The van der Waals surface area contributed by atoms with Crippen LogP contribution < -0.4 is 10.2 Å². The van der Waals surface area contributed by atoms with E-state index in [9.17, 15) is 0 Å². The largest absolute Gasteiger partial charge is 0.374 e. The third-order valence-electron chi connectivity index (χ3n) is 3.00. The summed E-state index contributed by atoms with van der Waals surface area (Å²) in [6.45, 7) is 3.35. The summed E-state index contributed by atoms with van der Waals surface area (Å²) in [6, 6.07) is 7.52. The van der Waals surface area contributed by atoms with Crippen molar-refractivity contribution >= 4 is 17.3 Å². The molecule has 1 saturated heterocycles. The Morgan fingerprint density at radius 2 is 2.44 bits per heavy atom. The number of ether oxygens (including phenoxy) is 1. The monoisotopic (exact) mass is 265 g/mol. The summed E-state index contributed by atoms with van der Waals surface area (Å²) in [6.07, 6.45) is 0.193. The Kier molecular flexibility index (Phi) is 4.43. The minimum Gasteiger partial charge on any atom is -0.374 e. The molecule has 1 aliphatic heterocycles. The van der Waals surface area contributed by atoms with E-state index in [1.807, 2.05) is 19.2 Å². The molecule has 1 aromatic carbocycles. The zero-order valence-corrected chi connectivity index (χ0v) is 11.1. The number of nitrogens with zero attached hydrogens (tertiary/aromatic N) is 2. The van der Waals surface area contributed by atoms with E-state index in [-0.39, 0.29) is 6.10 Å². The Labute approximate surface area is 112 Å². The maximum Gasteiger partial charge on any atom is 0.101 e. The molecule has 1 N–H and O–H groups in total. The van der Waals surface area contributed by atoms with Gasteiger partial charge in [0.25, 0.3) is 0 Å². The molecule has 0 amide bonds. The molecular formula is C13H16ClN3O. The molecule has 0 bridgehead atoms. The third kappa shape index (κ3) is 3.14. The lowest BCUT2D eigenvalue weighted by Crippen LogP contribution is -2.44. The Hall–Kier alpha value is -1.28. The van der Waals surface area contributed by atoms with Crippen LogP contribution in [0.4, 0.5) is 5.69 Å². The van der Waals surface area contributed by atoms with Crippen LogP contribution in [0.2, 0.25) is 5.02 Å². The van der Waals surface area contributed by atoms with E-state index in [0.717, 1.165) is 31.9 Å². The van der Waals surface area contributed by atoms with E-state index >= 15 is 0 Å². The lowest BCUT2D eigenvalue weighted by Gasteiger charge is -2.29. The first-order valence-corrected chi connectivity index (χ1v) is 6.31. The first kappa shape index (κ1) is 13.2. The van der Waals surface area contributed by atoms with Gasteiger partial charge in [-0.15, -0.1) is 0 Å².